The molecule has 0 amide bonds. The van der Waals surface area contributed by atoms with Crippen LogP contribution in [0.15, 0.2) is 24.5 Å². The number of hydrogen-bond acceptors (Lipinski definition) is 3. The molecule has 0 fully saturated rings. The molecule has 1 atom stereocenters. The van der Waals surface area contributed by atoms with Crippen LogP contribution in [0.25, 0.3) is 0 Å². The molecule has 1 heterocycles. The molecule has 0 aliphatic heterocycles. The van der Waals surface area contributed by atoms with Crippen molar-refractivity contribution in [3.8, 4) is 0 Å². The number of ketones is 1. The van der Waals surface area contributed by atoms with Crippen molar-refractivity contribution in [1.82, 2.24) is 4.98 Å². The fraction of sp³-hybridized carbons (Fsp3) is 0.400. The number of carbonyl (C=O) groups is 1. The highest BCUT2D eigenvalue weighted by atomic mass is 16.3. The van der Waals surface area contributed by atoms with Gasteiger partial charge in [0, 0.05) is 18.0 Å². The van der Waals surface area contributed by atoms with Crippen LogP contribution in [-0.4, -0.2) is 21.5 Å². The molecule has 1 unspecified atom stereocenters. The van der Waals surface area contributed by atoms with E-state index in [1.807, 2.05) is 0 Å². The average Bonchev–Trinajstić information content (AvgIpc) is 2.18. The maximum absolute atomic E-state index is 11.6. The zero-order valence-electron chi connectivity index (χ0n) is 7.82. The van der Waals surface area contributed by atoms with Crippen molar-refractivity contribution < 1.29 is 9.90 Å². The number of carbonyl (C=O) groups excluding carboxylic acids is 1. The quantitative estimate of drug-likeness (QED) is 0.714. The second-order valence-corrected chi connectivity index (χ2v) is 3.20. The molecule has 0 aromatic carbocycles. The molecule has 1 aromatic rings. The van der Waals surface area contributed by atoms with Crippen LogP contribution in [0.1, 0.15) is 30.6 Å². The van der Waals surface area contributed by atoms with Gasteiger partial charge < -0.3 is 5.11 Å². The van der Waals surface area contributed by atoms with E-state index in [1.54, 1.807) is 25.3 Å². The molecule has 0 aliphatic rings. The van der Waals surface area contributed by atoms with Crippen LogP contribution in [0.3, 0.4) is 0 Å². The van der Waals surface area contributed by atoms with Gasteiger partial charge in [0.25, 0.3) is 0 Å². The Morgan fingerprint density at radius 1 is 1.69 bits per heavy atom. The maximum atomic E-state index is 11.6. The van der Waals surface area contributed by atoms with Crippen molar-refractivity contribution in [3.05, 3.63) is 30.1 Å². The Kier molecular flexibility index (Phi) is 2.78. The molecule has 1 rings (SSSR count). The first kappa shape index (κ1) is 9.86. The van der Waals surface area contributed by atoms with Gasteiger partial charge in [0.2, 0.25) is 0 Å². The lowest BCUT2D eigenvalue weighted by Crippen LogP contribution is -2.34. The third kappa shape index (κ3) is 2.12. The van der Waals surface area contributed by atoms with E-state index in [4.69, 9.17) is 0 Å². The number of nitrogens with zero attached hydrogens (tertiary/aromatic N) is 1. The number of rotatable bonds is 3. The smallest absolute Gasteiger partial charge is 0.195 e. The topological polar surface area (TPSA) is 50.2 Å². The van der Waals surface area contributed by atoms with Crippen molar-refractivity contribution in [2.45, 2.75) is 25.9 Å². The number of hydrogen-bond donors (Lipinski definition) is 1. The highest BCUT2D eigenvalue weighted by Crippen LogP contribution is 2.15. The summed E-state index contributed by atoms with van der Waals surface area (Å²) in [7, 11) is 0. The summed E-state index contributed by atoms with van der Waals surface area (Å²) in [5.41, 5.74) is -0.822. The van der Waals surface area contributed by atoms with Crippen LogP contribution in [0.4, 0.5) is 0 Å². The SMILES string of the molecule is CCC(C)(O)C(=O)c1cccnc1. The van der Waals surface area contributed by atoms with Gasteiger partial charge in [0.15, 0.2) is 5.78 Å². The molecule has 0 spiro atoms. The molecular formula is C10H13NO2. The Hall–Kier alpha value is -1.22. The van der Waals surface area contributed by atoms with Gasteiger partial charge in [-0.3, -0.25) is 9.78 Å². The van der Waals surface area contributed by atoms with E-state index in [2.05, 4.69) is 4.98 Å². The Balaban J connectivity index is 2.93. The molecule has 0 bridgehead atoms. The second kappa shape index (κ2) is 3.66. The van der Waals surface area contributed by atoms with E-state index in [1.165, 1.54) is 13.1 Å². The van der Waals surface area contributed by atoms with Crippen LogP contribution in [0, 0.1) is 0 Å². The summed E-state index contributed by atoms with van der Waals surface area (Å²) in [6, 6.07) is 3.33. The molecular weight excluding hydrogens is 166 g/mol. The maximum Gasteiger partial charge on any atom is 0.195 e. The lowest BCUT2D eigenvalue weighted by atomic mass is 9.93. The van der Waals surface area contributed by atoms with Crippen LogP contribution >= 0.6 is 0 Å². The van der Waals surface area contributed by atoms with Crippen LogP contribution in [-0.2, 0) is 0 Å². The Morgan fingerprint density at radius 3 is 2.85 bits per heavy atom. The number of Topliss-reactive ketones (excluding diaryl/α,β-unsaturated/α-hetero) is 1. The first-order valence-corrected chi connectivity index (χ1v) is 4.25. The standard InChI is InChI=1S/C10H13NO2/c1-3-10(2,13)9(12)8-5-4-6-11-7-8/h4-7,13H,3H2,1-2H3. The summed E-state index contributed by atoms with van der Waals surface area (Å²) in [4.78, 5) is 15.4. The minimum absolute atomic E-state index is 0.275. The van der Waals surface area contributed by atoms with Gasteiger partial charge in [-0.05, 0) is 25.5 Å². The van der Waals surface area contributed by atoms with Crippen LogP contribution in [0.5, 0.6) is 0 Å². The summed E-state index contributed by atoms with van der Waals surface area (Å²) in [5, 5.41) is 9.67. The summed E-state index contributed by atoms with van der Waals surface area (Å²) >= 11 is 0. The summed E-state index contributed by atoms with van der Waals surface area (Å²) in [5.74, 6) is -0.275. The van der Waals surface area contributed by atoms with Crippen molar-refractivity contribution in [2.24, 2.45) is 0 Å². The lowest BCUT2D eigenvalue weighted by molar-refractivity contribution is 0.0390. The number of pyridine rings is 1. The minimum atomic E-state index is -1.27. The molecule has 0 saturated heterocycles. The Labute approximate surface area is 77.4 Å². The molecule has 0 radical (unpaired) electrons. The zero-order chi connectivity index (χ0) is 9.90. The van der Waals surface area contributed by atoms with Gasteiger partial charge in [-0.15, -0.1) is 0 Å². The van der Waals surface area contributed by atoms with E-state index >= 15 is 0 Å². The molecule has 1 N–H and O–H groups in total. The van der Waals surface area contributed by atoms with Gasteiger partial charge in [0.05, 0.1) is 0 Å². The first-order valence-electron chi connectivity index (χ1n) is 4.25. The third-order valence-corrected chi connectivity index (χ3v) is 2.10. The fourth-order valence-electron chi connectivity index (χ4n) is 0.969. The van der Waals surface area contributed by atoms with E-state index in [9.17, 15) is 9.90 Å². The normalized spacial score (nSPS) is 15.0. The minimum Gasteiger partial charge on any atom is -0.382 e. The summed E-state index contributed by atoms with van der Waals surface area (Å²) in [6.45, 7) is 3.29. The van der Waals surface area contributed by atoms with Crippen molar-refractivity contribution in [1.29, 1.82) is 0 Å². The zero-order valence-corrected chi connectivity index (χ0v) is 7.82. The van der Waals surface area contributed by atoms with Crippen molar-refractivity contribution in [3.63, 3.8) is 0 Å². The van der Waals surface area contributed by atoms with Gasteiger partial charge in [-0.1, -0.05) is 6.92 Å². The molecule has 3 heteroatoms. The first-order chi connectivity index (χ1) is 6.08. The summed E-state index contributed by atoms with van der Waals surface area (Å²) in [6.07, 6.45) is 3.46. The van der Waals surface area contributed by atoms with Gasteiger partial charge in [-0.25, -0.2) is 0 Å². The Morgan fingerprint density at radius 2 is 2.38 bits per heavy atom. The van der Waals surface area contributed by atoms with Crippen molar-refractivity contribution >= 4 is 5.78 Å². The van der Waals surface area contributed by atoms with Crippen LogP contribution in [0.2, 0.25) is 0 Å². The molecule has 1 aromatic heterocycles. The van der Waals surface area contributed by atoms with Crippen molar-refractivity contribution in [2.75, 3.05) is 0 Å². The Bertz CT molecular complexity index is 293. The molecule has 0 aliphatic carbocycles. The highest BCUT2D eigenvalue weighted by Gasteiger charge is 2.28. The fourth-order valence-corrected chi connectivity index (χ4v) is 0.969. The molecule has 3 nitrogen and oxygen atoms in total. The van der Waals surface area contributed by atoms with Crippen LogP contribution < -0.4 is 0 Å². The van der Waals surface area contributed by atoms with Gasteiger partial charge in [0.1, 0.15) is 5.60 Å². The van der Waals surface area contributed by atoms with E-state index in [0.717, 1.165) is 0 Å². The van der Waals surface area contributed by atoms with Gasteiger partial charge >= 0.3 is 0 Å². The predicted molar refractivity (Wildman–Crippen MR) is 49.5 cm³/mol. The van der Waals surface area contributed by atoms with E-state index < -0.39 is 5.60 Å². The highest BCUT2D eigenvalue weighted by molar-refractivity contribution is 6.01. The number of aliphatic hydroxyl groups is 1. The largest absolute Gasteiger partial charge is 0.382 e. The second-order valence-electron chi connectivity index (χ2n) is 3.20. The average molecular weight is 179 g/mol. The van der Waals surface area contributed by atoms with E-state index in [0.29, 0.717) is 12.0 Å². The monoisotopic (exact) mass is 179 g/mol. The molecule has 70 valence electrons. The van der Waals surface area contributed by atoms with E-state index in [-0.39, 0.29) is 5.78 Å². The van der Waals surface area contributed by atoms with Gasteiger partial charge in [-0.2, -0.15) is 0 Å². The predicted octanol–water partition coefficient (Wildman–Crippen LogP) is 1.43. The third-order valence-electron chi connectivity index (χ3n) is 2.10. The summed E-state index contributed by atoms with van der Waals surface area (Å²) < 4.78 is 0. The number of aromatic nitrogens is 1. The molecule has 13 heavy (non-hydrogen) atoms. The lowest BCUT2D eigenvalue weighted by Gasteiger charge is -2.18. The molecule has 0 saturated carbocycles.